The largest absolute Gasteiger partial charge is 0.382 e. The molecule has 1 aliphatic rings. The van der Waals surface area contributed by atoms with Crippen LogP contribution in [0.4, 0.5) is 5.69 Å². The molecule has 1 aliphatic carbocycles. The zero-order chi connectivity index (χ0) is 10.7. The number of terminal acetylenes is 1. The second-order valence-electron chi connectivity index (χ2n) is 4.38. The van der Waals surface area contributed by atoms with E-state index in [0.29, 0.717) is 6.04 Å². The Morgan fingerprint density at radius 2 is 2.27 bits per heavy atom. The molecule has 78 valence electrons. The molecule has 0 aromatic heterocycles. The van der Waals surface area contributed by atoms with Gasteiger partial charge in [0.05, 0.1) is 0 Å². The zero-order valence-corrected chi connectivity index (χ0v) is 9.16. The Balaban J connectivity index is 2.07. The molecule has 0 aliphatic heterocycles. The molecule has 0 saturated heterocycles. The number of anilines is 1. The number of hydrogen-bond donors (Lipinski definition) is 1. The molecule has 0 spiro atoms. The summed E-state index contributed by atoms with van der Waals surface area (Å²) in [6.45, 7) is 2.32. The molecule has 1 fully saturated rings. The van der Waals surface area contributed by atoms with Crippen LogP contribution in [-0.2, 0) is 0 Å². The lowest BCUT2D eigenvalue weighted by Crippen LogP contribution is -2.21. The van der Waals surface area contributed by atoms with E-state index in [1.54, 1.807) is 0 Å². The van der Waals surface area contributed by atoms with Crippen LogP contribution in [0.3, 0.4) is 0 Å². The van der Waals surface area contributed by atoms with E-state index in [-0.39, 0.29) is 0 Å². The molecule has 1 aromatic rings. The van der Waals surface area contributed by atoms with Gasteiger partial charge in [0.1, 0.15) is 0 Å². The lowest BCUT2D eigenvalue weighted by Gasteiger charge is -2.18. The Morgan fingerprint density at radius 1 is 1.40 bits per heavy atom. The van der Waals surface area contributed by atoms with Crippen LogP contribution in [0.25, 0.3) is 0 Å². The van der Waals surface area contributed by atoms with E-state index < -0.39 is 0 Å². The van der Waals surface area contributed by atoms with Gasteiger partial charge in [-0.25, -0.2) is 0 Å². The van der Waals surface area contributed by atoms with Crippen molar-refractivity contribution >= 4 is 5.69 Å². The van der Waals surface area contributed by atoms with Gasteiger partial charge < -0.3 is 5.32 Å². The Labute approximate surface area is 91.9 Å². The number of rotatable bonds is 2. The van der Waals surface area contributed by atoms with Crippen molar-refractivity contribution in [3.8, 4) is 12.3 Å². The summed E-state index contributed by atoms with van der Waals surface area (Å²) in [6.07, 6.45) is 9.34. The Morgan fingerprint density at radius 3 is 2.93 bits per heavy atom. The highest BCUT2D eigenvalue weighted by Gasteiger charge is 2.22. The first-order valence-electron chi connectivity index (χ1n) is 5.63. The topological polar surface area (TPSA) is 12.0 Å². The molecular formula is C14H17N. The smallest absolute Gasteiger partial charge is 0.0354 e. The third-order valence-corrected chi connectivity index (χ3v) is 3.24. The van der Waals surface area contributed by atoms with Crippen LogP contribution in [0.1, 0.15) is 31.7 Å². The normalized spacial score (nSPS) is 24.8. The molecule has 0 amide bonds. The maximum absolute atomic E-state index is 5.38. The molecule has 1 nitrogen and oxygen atoms in total. The van der Waals surface area contributed by atoms with Crippen molar-refractivity contribution < 1.29 is 0 Å². The second kappa shape index (κ2) is 4.40. The molecule has 0 heterocycles. The van der Waals surface area contributed by atoms with Gasteiger partial charge in [-0.1, -0.05) is 25.3 Å². The van der Waals surface area contributed by atoms with Crippen molar-refractivity contribution in [2.45, 2.75) is 32.2 Å². The molecule has 1 N–H and O–H groups in total. The first-order chi connectivity index (χ1) is 7.29. The van der Waals surface area contributed by atoms with Crippen LogP contribution < -0.4 is 5.32 Å². The van der Waals surface area contributed by atoms with Gasteiger partial charge >= 0.3 is 0 Å². The van der Waals surface area contributed by atoms with Crippen molar-refractivity contribution in [1.82, 2.24) is 0 Å². The molecule has 1 saturated carbocycles. The third kappa shape index (κ3) is 2.33. The molecule has 2 atom stereocenters. The average molecular weight is 199 g/mol. The van der Waals surface area contributed by atoms with E-state index in [4.69, 9.17) is 6.42 Å². The summed E-state index contributed by atoms with van der Waals surface area (Å²) in [4.78, 5) is 0. The van der Waals surface area contributed by atoms with Crippen LogP contribution in [0.15, 0.2) is 24.3 Å². The summed E-state index contributed by atoms with van der Waals surface area (Å²) >= 11 is 0. The Kier molecular flexibility index (Phi) is 2.97. The van der Waals surface area contributed by atoms with Gasteiger partial charge in [-0.3, -0.25) is 0 Å². The first-order valence-corrected chi connectivity index (χ1v) is 5.63. The SMILES string of the molecule is C#Cc1cccc(NC2CCCC2C)c1. The minimum absolute atomic E-state index is 0.623. The molecule has 2 unspecified atom stereocenters. The molecule has 1 aromatic carbocycles. The Bertz CT molecular complexity index is 375. The highest BCUT2D eigenvalue weighted by molar-refractivity contribution is 5.50. The molecule has 2 rings (SSSR count). The molecule has 1 heteroatoms. The van der Waals surface area contributed by atoms with Gasteiger partial charge in [0.2, 0.25) is 0 Å². The maximum atomic E-state index is 5.38. The van der Waals surface area contributed by atoms with Crippen LogP contribution >= 0.6 is 0 Å². The molecule has 0 bridgehead atoms. The van der Waals surface area contributed by atoms with E-state index in [1.165, 1.54) is 19.3 Å². The summed E-state index contributed by atoms with van der Waals surface area (Å²) in [5.74, 6) is 3.44. The second-order valence-corrected chi connectivity index (χ2v) is 4.38. The van der Waals surface area contributed by atoms with E-state index in [2.05, 4.69) is 24.2 Å². The molecular weight excluding hydrogens is 182 g/mol. The number of benzene rings is 1. The van der Waals surface area contributed by atoms with Crippen LogP contribution in [0.2, 0.25) is 0 Å². The van der Waals surface area contributed by atoms with Crippen molar-refractivity contribution in [2.24, 2.45) is 5.92 Å². The van der Waals surface area contributed by atoms with Crippen LogP contribution in [0.5, 0.6) is 0 Å². The quantitative estimate of drug-likeness (QED) is 0.721. The number of hydrogen-bond acceptors (Lipinski definition) is 1. The third-order valence-electron chi connectivity index (χ3n) is 3.24. The lowest BCUT2D eigenvalue weighted by atomic mass is 10.1. The highest BCUT2D eigenvalue weighted by Crippen LogP contribution is 2.28. The molecule has 0 radical (unpaired) electrons. The van der Waals surface area contributed by atoms with Gasteiger partial charge in [-0.05, 0) is 37.0 Å². The van der Waals surface area contributed by atoms with Crippen molar-refractivity contribution in [3.05, 3.63) is 29.8 Å². The fourth-order valence-electron chi connectivity index (χ4n) is 2.27. The summed E-state index contributed by atoms with van der Waals surface area (Å²) in [5.41, 5.74) is 2.11. The fourth-order valence-corrected chi connectivity index (χ4v) is 2.27. The lowest BCUT2D eigenvalue weighted by molar-refractivity contribution is 0.556. The minimum Gasteiger partial charge on any atom is -0.382 e. The van der Waals surface area contributed by atoms with E-state index >= 15 is 0 Å². The maximum Gasteiger partial charge on any atom is 0.0354 e. The predicted octanol–water partition coefficient (Wildman–Crippen LogP) is 3.27. The van der Waals surface area contributed by atoms with E-state index in [1.807, 2.05) is 18.2 Å². The standard InChI is InChI=1S/C14H17N/c1-3-12-7-5-8-13(10-12)15-14-9-4-6-11(14)2/h1,5,7-8,10-11,14-15H,4,6,9H2,2H3. The number of nitrogens with one attached hydrogen (secondary N) is 1. The highest BCUT2D eigenvalue weighted by atomic mass is 14.9. The zero-order valence-electron chi connectivity index (χ0n) is 9.16. The van der Waals surface area contributed by atoms with Gasteiger partial charge in [0.25, 0.3) is 0 Å². The monoisotopic (exact) mass is 199 g/mol. The average Bonchev–Trinajstić information content (AvgIpc) is 2.65. The minimum atomic E-state index is 0.623. The summed E-state index contributed by atoms with van der Waals surface area (Å²) < 4.78 is 0. The first kappa shape index (κ1) is 10.1. The predicted molar refractivity (Wildman–Crippen MR) is 64.8 cm³/mol. The van der Waals surface area contributed by atoms with Crippen LogP contribution in [-0.4, -0.2) is 6.04 Å². The van der Waals surface area contributed by atoms with Crippen molar-refractivity contribution in [2.75, 3.05) is 5.32 Å². The summed E-state index contributed by atoms with van der Waals surface area (Å²) in [7, 11) is 0. The van der Waals surface area contributed by atoms with Crippen molar-refractivity contribution in [1.29, 1.82) is 0 Å². The van der Waals surface area contributed by atoms with Gasteiger partial charge in [-0.15, -0.1) is 6.42 Å². The van der Waals surface area contributed by atoms with Gasteiger partial charge in [-0.2, -0.15) is 0 Å². The summed E-state index contributed by atoms with van der Waals surface area (Å²) in [6, 6.07) is 8.73. The van der Waals surface area contributed by atoms with Crippen LogP contribution in [0, 0.1) is 18.3 Å². The van der Waals surface area contributed by atoms with Gasteiger partial charge in [0.15, 0.2) is 0 Å². The van der Waals surface area contributed by atoms with Crippen molar-refractivity contribution in [3.63, 3.8) is 0 Å². The van der Waals surface area contributed by atoms with E-state index in [0.717, 1.165) is 17.2 Å². The summed E-state index contributed by atoms with van der Waals surface area (Å²) in [5, 5.41) is 3.57. The Hall–Kier alpha value is -1.42. The molecule has 15 heavy (non-hydrogen) atoms. The van der Waals surface area contributed by atoms with Gasteiger partial charge in [0, 0.05) is 17.3 Å². The fraction of sp³-hybridized carbons (Fsp3) is 0.429. The van der Waals surface area contributed by atoms with E-state index in [9.17, 15) is 0 Å².